The highest BCUT2D eigenvalue weighted by Gasteiger charge is 2.29. The first-order valence-electron chi connectivity index (χ1n) is 9.81. The van der Waals surface area contributed by atoms with Gasteiger partial charge in [0.05, 0.1) is 12.6 Å². The van der Waals surface area contributed by atoms with Crippen LogP contribution >= 0.6 is 12.6 Å². The molecule has 0 aromatic carbocycles. The van der Waals surface area contributed by atoms with Crippen molar-refractivity contribution in [2.24, 2.45) is 22.2 Å². The molecule has 0 aromatic heterocycles. The third kappa shape index (κ3) is 12.5. The molecule has 3 amide bonds. The van der Waals surface area contributed by atoms with Crippen LogP contribution in [0.3, 0.4) is 0 Å². The van der Waals surface area contributed by atoms with Crippen LogP contribution in [0.1, 0.15) is 25.7 Å². The van der Waals surface area contributed by atoms with Gasteiger partial charge in [0.15, 0.2) is 5.96 Å². The van der Waals surface area contributed by atoms with Crippen molar-refractivity contribution in [3.05, 3.63) is 0 Å². The number of rotatable bonds is 16. The van der Waals surface area contributed by atoms with E-state index in [1.165, 1.54) is 0 Å². The maximum Gasteiger partial charge on any atom is 0.327 e. The van der Waals surface area contributed by atoms with E-state index in [0.29, 0.717) is 0 Å². The predicted octanol–water partition coefficient (Wildman–Crippen LogP) is -4.31. The number of carboxylic acid groups (broad SMARTS) is 2. The highest BCUT2D eigenvalue weighted by Crippen LogP contribution is 2.02. The Labute approximate surface area is 194 Å². The van der Waals surface area contributed by atoms with Gasteiger partial charge in [0, 0.05) is 18.7 Å². The molecule has 0 aromatic rings. The van der Waals surface area contributed by atoms with Gasteiger partial charge in [-0.15, -0.1) is 0 Å². The number of aliphatic imine (C=N–C) groups is 1. The minimum absolute atomic E-state index is 0.00250. The number of aliphatic hydroxyl groups excluding tert-OH is 1. The number of carbonyl (C=O) groups excluding carboxylic acids is 3. The summed E-state index contributed by atoms with van der Waals surface area (Å²) in [5.41, 5.74) is 16.0. The Kier molecular flexibility index (Phi) is 14.2. The van der Waals surface area contributed by atoms with Gasteiger partial charge in [-0.25, -0.2) is 4.79 Å². The first kappa shape index (κ1) is 29.9. The highest BCUT2D eigenvalue weighted by atomic mass is 32.1. The average Bonchev–Trinajstić information content (AvgIpc) is 2.74. The molecule has 0 saturated heterocycles. The van der Waals surface area contributed by atoms with E-state index in [9.17, 15) is 29.1 Å². The third-order valence-corrected chi connectivity index (χ3v) is 4.56. The predicted molar refractivity (Wildman–Crippen MR) is 119 cm³/mol. The van der Waals surface area contributed by atoms with Crippen LogP contribution in [0.5, 0.6) is 0 Å². The molecule has 0 bridgehead atoms. The number of aliphatic hydroxyl groups is 1. The van der Waals surface area contributed by atoms with E-state index in [1.807, 2.05) is 0 Å². The molecule has 33 heavy (non-hydrogen) atoms. The highest BCUT2D eigenvalue weighted by molar-refractivity contribution is 7.80. The lowest BCUT2D eigenvalue weighted by Gasteiger charge is -2.24. The molecule has 0 radical (unpaired) electrons. The van der Waals surface area contributed by atoms with Crippen LogP contribution in [0.4, 0.5) is 0 Å². The number of amides is 3. The van der Waals surface area contributed by atoms with E-state index in [0.717, 1.165) is 0 Å². The SMILES string of the molecule is NC(N)=NCCCC(NC(=O)C(CO)NC(=O)C(N)CCC(=O)O)C(=O)NC(CS)C(=O)O. The second-order valence-electron chi connectivity index (χ2n) is 6.87. The van der Waals surface area contributed by atoms with Crippen molar-refractivity contribution in [3.8, 4) is 0 Å². The first-order valence-corrected chi connectivity index (χ1v) is 10.4. The van der Waals surface area contributed by atoms with Gasteiger partial charge in [0.2, 0.25) is 17.7 Å². The van der Waals surface area contributed by atoms with Crippen molar-refractivity contribution in [2.45, 2.75) is 49.9 Å². The minimum atomic E-state index is -1.50. The van der Waals surface area contributed by atoms with Gasteiger partial charge in [-0.2, -0.15) is 12.6 Å². The van der Waals surface area contributed by atoms with Gasteiger partial charge in [-0.3, -0.25) is 24.2 Å². The Morgan fingerprint density at radius 1 is 0.879 bits per heavy atom. The summed E-state index contributed by atoms with van der Waals surface area (Å²) in [4.78, 5) is 62.6. The lowest BCUT2D eigenvalue weighted by atomic mass is 10.1. The molecular formula is C17H31N7O8S. The van der Waals surface area contributed by atoms with Crippen molar-refractivity contribution in [1.29, 1.82) is 0 Å². The van der Waals surface area contributed by atoms with Crippen molar-refractivity contribution < 1.29 is 39.3 Å². The number of hydrogen-bond acceptors (Lipinski definition) is 9. The minimum Gasteiger partial charge on any atom is -0.481 e. The summed E-state index contributed by atoms with van der Waals surface area (Å²) in [7, 11) is 0. The number of nitrogens with zero attached hydrogens (tertiary/aromatic N) is 1. The number of thiol groups is 1. The van der Waals surface area contributed by atoms with E-state index in [4.69, 9.17) is 27.4 Å². The number of guanidine groups is 1. The molecule has 0 aliphatic carbocycles. The average molecular weight is 494 g/mol. The van der Waals surface area contributed by atoms with E-state index < -0.39 is 60.4 Å². The summed E-state index contributed by atoms with van der Waals surface area (Å²) in [6.45, 7) is -0.727. The molecule has 0 aliphatic heterocycles. The number of hydrogen-bond donors (Lipinski definition) is 10. The molecule has 4 unspecified atom stereocenters. The molecule has 0 rings (SSSR count). The van der Waals surface area contributed by atoms with Crippen LogP contribution in [0.2, 0.25) is 0 Å². The summed E-state index contributed by atoms with van der Waals surface area (Å²) >= 11 is 3.85. The molecule has 4 atom stereocenters. The largest absolute Gasteiger partial charge is 0.481 e. The lowest BCUT2D eigenvalue weighted by molar-refractivity contribution is -0.141. The van der Waals surface area contributed by atoms with E-state index in [1.54, 1.807) is 0 Å². The molecule has 0 saturated carbocycles. The second kappa shape index (κ2) is 15.7. The Balaban J connectivity index is 5.25. The number of carbonyl (C=O) groups is 5. The van der Waals surface area contributed by atoms with Crippen molar-refractivity contribution in [1.82, 2.24) is 16.0 Å². The zero-order chi connectivity index (χ0) is 25.6. The monoisotopic (exact) mass is 493 g/mol. The van der Waals surface area contributed by atoms with Crippen LogP contribution in [-0.2, 0) is 24.0 Å². The molecule has 0 heterocycles. The standard InChI is InChI=1S/C17H31N7O8S/c18-8(3-4-12(26)27)13(28)23-10(6-25)15(30)22-9(2-1-5-21-17(19)20)14(29)24-11(7-33)16(31)32/h8-11,25,33H,1-7,18H2,(H,22,30)(H,23,28)(H,24,29)(H,26,27)(H,31,32)(H4,19,20,21). The van der Waals surface area contributed by atoms with Crippen LogP contribution in [0, 0.1) is 0 Å². The molecule has 188 valence electrons. The Morgan fingerprint density at radius 3 is 1.91 bits per heavy atom. The second-order valence-corrected chi connectivity index (χ2v) is 7.24. The molecule has 0 fully saturated rings. The number of nitrogens with one attached hydrogen (secondary N) is 3. The zero-order valence-corrected chi connectivity index (χ0v) is 18.7. The number of nitrogens with two attached hydrogens (primary N) is 3. The van der Waals surface area contributed by atoms with Crippen molar-refractivity contribution in [2.75, 3.05) is 18.9 Å². The third-order valence-electron chi connectivity index (χ3n) is 4.20. The van der Waals surface area contributed by atoms with E-state index in [2.05, 4.69) is 33.6 Å². The van der Waals surface area contributed by atoms with Crippen LogP contribution in [-0.4, -0.2) is 94.0 Å². The Morgan fingerprint density at radius 2 is 1.42 bits per heavy atom. The number of aliphatic carboxylic acids is 2. The molecular weight excluding hydrogens is 462 g/mol. The van der Waals surface area contributed by atoms with Gasteiger partial charge in [0.1, 0.15) is 18.1 Å². The summed E-state index contributed by atoms with van der Waals surface area (Å²) in [5.74, 6) is -5.54. The van der Waals surface area contributed by atoms with E-state index >= 15 is 0 Å². The quantitative estimate of drug-likeness (QED) is 0.0425. The molecule has 0 spiro atoms. The Hall–Kier alpha value is -3.11. The molecule has 16 heteroatoms. The van der Waals surface area contributed by atoms with Gasteiger partial charge in [0.25, 0.3) is 0 Å². The summed E-state index contributed by atoms with van der Waals surface area (Å²) in [6.07, 6.45) is -0.349. The first-order chi connectivity index (χ1) is 15.4. The van der Waals surface area contributed by atoms with Gasteiger partial charge in [-0.05, 0) is 19.3 Å². The number of carboxylic acids is 2. The van der Waals surface area contributed by atoms with E-state index in [-0.39, 0.29) is 43.9 Å². The normalized spacial score (nSPS) is 14.2. The maximum absolute atomic E-state index is 12.5. The smallest absolute Gasteiger partial charge is 0.327 e. The molecule has 12 N–H and O–H groups in total. The molecule has 0 aliphatic rings. The maximum atomic E-state index is 12.5. The Bertz CT molecular complexity index is 732. The zero-order valence-electron chi connectivity index (χ0n) is 17.8. The fraction of sp³-hybridized carbons (Fsp3) is 0.647. The van der Waals surface area contributed by atoms with Crippen molar-refractivity contribution >= 4 is 48.2 Å². The van der Waals surface area contributed by atoms with Gasteiger partial charge >= 0.3 is 11.9 Å². The lowest BCUT2D eigenvalue weighted by Crippen LogP contribution is -2.58. The summed E-state index contributed by atoms with van der Waals surface area (Å²) < 4.78 is 0. The van der Waals surface area contributed by atoms with Crippen LogP contribution < -0.4 is 33.2 Å². The van der Waals surface area contributed by atoms with Crippen LogP contribution in [0.25, 0.3) is 0 Å². The summed E-state index contributed by atoms with van der Waals surface area (Å²) in [6, 6.07) is -5.31. The fourth-order valence-corrected chi connectivity index (χ4v) is 2.63. The fourth-order valence-electron chi connectivity index (χ4n) is 2.39. The molecule has 15 nitrogen and oxygen atoms in total. The van der Waals surface area contributed by atoms with Gasteiger partial charge < -0.3 is 48.5 Å². The van der Waals surface area contributed by atoms with Crippen molar-refractivity contribution in [3.63, 3.8) is 0 Å². The topological polar surface area (TPSA) is 273 Å². The summed E-state index contributed by atoms with van der Waals surface area (Å²) in [5, 5.41) is 34.0. The van der Waals surface area contributed by atoms with Crippen LogP contribution in [0.15, 0.2) is 4.99 Å². The van der Waals surface area contributed by atoms with Gasteiger partial charge in [-0.1, -0.05) is 0 Å².